The summed E-state index contributed by atoms with van der Waals surface area (Å²) in [4.78, 5) is 0. The van der Waals surface area contributed by atoms with Crippen LogP contribution in [0.15, 0.2) is 12.7 Å². The molecule has 0 fully saturated rings. The molecule has 89 valence electrons. The third-order valence-electron chi connectivity index (χ3n) is 1.92. The quantitative estimate of drug-likeness (QED) is 0.513. The van der Waals surface area contributed by atoms with E-state index in [1.54, 1.807) is 0 Å². The molecule has 0 aromatic carbocycles. The van der Waals surface area contributed by atoms with E-state index in [-0.39, 0.29) is 0 Å². The van der Waals surface area contributed by atoms with Crippen LogP contribution in [-0.4, -0.2) is 25.9 Å². The van der Waals surface area contributed by atoms with Gasteiger partial charge in [-0.25, -0.2) is 0 Å². The molecular formula is C10H25O2Si3. The molecule has 0 rings (SSSR count). The molecule has 0 saturated heterocycles. The Morgan fingerprint density at radius 1 is 1.20 bits per heavy atom. The second-order valence-electron chi connectivity index (χ2n) is 5.10. The van der Waals surface area contributed by atoms with Gasteiger partial charge in [0.15, 0.2) is 17.4 Å². The molecule has 0 amide bonds. The first-order chi connectivity index (χ1) is 6.68. The average molecular weight is 262 g/mol. The first kappa shape index (κ1) is 15.3. The molecule has 0 aliphatic rings. The van der Waals surface area contributed by atoms with Gasteiger partial charge in [0.05, 0.1) is 0 Å². The van der Waals surface area contributed by atoms with Crippen LogP contribution in [0.4, 0.5) is 0 Å². The summed E-state index contributed by atoms with van der Waals surface area (Å²) in [5, 5.41) is 0. The van der Waals surface area contributed by atoms with Crippen LogP contribution >= 0.6 is 0 Å². The molecule has 0 aromatic rings. The third-order valence-corrected chi connectivity index (χ3v) is 11.2. The lowest BCUT2D eigenvalue weighted by Crippen LogP contribution is -2.48. The zero-order valence-electron chi connectivity index (χ0n) is 11.0. The minimum atomic E-state index is -1.88. The van der Waals surface area contributed by atoms with Crippen molar-refractivity contribution in [2.45, 2.75) is 51.7 Å². The predicted octanol–water partition coefficient (Wildman–Crippen LogP) is 3.75. The van der Waals surface area contributed by atoms with E-state index in [0.717, 1.165) is 12.5 Å². The molecule has 0 heterocycles. The van der Waals surface area contributed by atoms with Crippen LogP contribution < -0.4 is 0 Å². The van der Waals surface area contributed by atoms with Gasteiger partial charge < -0.3 is 8.23 Å². The lowest BCUT2D eigenvalue weighted by atomic mass is 10.5. The molecule has 5 heteroatoms. The Kier molecular flexibility index (Phi) is 6.27. The molecule has 0 spiro atoms. The van der Waals surface area contributed by atoms with Crippen molar-refractivity contribution >= 4 is 25.9 Å². The summed E-state index contributed by atoms with van der Waals surface area (Å²) in [5.41, 5.74) is 0. The van der Waals surface area contributed by atoms with Gasteiger partial charge in [0.25, 0.3) is 0 Å². The van der Waals surface area contributed by atoms with Crippen LogP contribution in [0.5, 0.6) is 0 Å². The maximum absolute atomic E-state index is 6.27. The van der Waals surface area contributed by atoms with E-state index in [0.29, 0.717) is 0 Å². The SMILES string of the molecule is C=CCC[Si](C)(C)O[Si](C)(C)O[Si](C)C. The Morgan fingerprint density at radius 2 is 1.73 bits per heavy atom. The summed E-state index contributed by atoms with van der Waals surface area (Å²) < 4.78 is 12.3. The number of hydrogen-bond acceptors (Lipinski definition) is 2. The van der Waals surface area contributed by atoms with Gasteiger partial charge in [0.2, 0.25) is 0 Å². The van der Waals surface area contributed by atoms with Gasteiger partial charge in [-0.3, -0.25) is 0 Å². The van der Waals surface area contributed by atoms with Crippen molar-refractivity contribution in [3.8, 4) is 0 Å². The molecule has 0 N–H and O–H groups in total. The molecule has 2 nitrogen and oxygen atoms in total. The lowest BCUT2D eigenvalue weighted by Gasteiger charge is -2.34. The highest BCUT2D eigenvalue weighted by atomic mass is 28.5. The van der Waals surface area contributed by atoms with Crippen LogP contribution in [0.2, 0.25) is 45.3 Å². The fraction of sp³-hybridized carbons (Fsp3) is 0.800. The zero-order chi connectivity index (χ0) is 12.1. The molecule has 0 aliphatic carbocycles. The van der Waals surface area contributed by atoms with Gasteiger partial charge in [-0.05, 0) is 51.7 Å². The van der Waals surface area contributed by atoms with Crippen LogP contribution in [-0.2, 0) is 8.23 Å². The summed E-state index contributed by atoms with van der Waals surface area (Å²) >= 11 is 0. The maximum Gasteiger partial charge on any atom is 0.311 e. The second-order valence-corrected chi connectivity index (χ2v) is 15.4. The summed E-state index contributed by atoms with van der Waals surface area (Å²) in [7, 11) is -4.07. The Balaban J connectivity index is 4.22. The molecule has 0 unspecified atom stereocenters. The molecule has 0 atom stereocenters. The lowest BCUT2D eigenvalue weighted by molar-refractivity contribution is 0.401. The third kappa shape index (κ3) is 8.15. The van der Waals surface area contributed by atoms with E-state index < -0.39 is 25.9 Å². The van der Waals surface area contributed by atoms with Crippen molar-refractivity contribution in [1.29, 1.82) is 0 Å². The van der Waals surface area contributed by atoms with Crippen LogP contribution in [0.25, 0.3) is 0 Å². The van der Waals surface area contributed by atoms with E-state index in [1.165, 1.54) is 0 Å². The molecule has 0 aliphatic heterocycles. The fourth-order valence-corrected chi connectivity index (χ4v) is 12.8. The summed E-state index contributed by atoms with van der Waals surface area (Å²) in [6.07, 6.45) is 3.03. The predicted molar refractivity (Wildman–Crippen MR) is 74.2 cm³/mol. The van der Waals surface area contributed by atoms with E-state index in [4.69, 9.17) is 8.23 Å². The number of hydrogen-bond donors (Lipinski definition) is 0. The largest absolute Gasteiger partial charge is 0.437 e. The Morgan fingerprint density at radius 3 is 2.13 bits per heavy atom. The normalized spacial score (nSPS) is 13.3. The first-order valence-electron chi connectivity index (χ1n) is 5.49. The maximum atomic E-state index is 6.27. The Hall–Kier alpha value is 0.311. The number of rotatable bonds is 7. The van der Waals surface area contributed by atoms with Crippen molar-refractivity contribution in [1.82, 2.24) is 0 Å². The smallest absolute Gasteiger partial charge is 0.311 e. The van der Waals surface area contributed by atoms with E-state index in [9.17, 15) is 0 Å². The number of allylic oxidation sites excluding steroid dienone is 1. The van der Waals surface area contributed by atoms with E-state index in [1.807, 2.05) is 6.08 Å². The van der Waals surface area contributed by atoms with E-state index >= 15 is 0 Å². The topological polar surface area (TPSA) is 18.5 Å². The highest BCUT2D eigenvalue weighted by molar-refractivity contribution is 6.84. The van der Waals surface area contributed by atoms with Gasteiger partial charge in [-0.1, -0.05) is 6.08 Å². The fourth-order valence-electron chi connectivity index (χ4n) is 1.68. The minimum absolute atomic E-state index is 0.645. The van der Waals surface area contributed by atoms with Crippen molar-refractivity contribution in [3.63, 3.8) is 0 Å². The molecule has 0 bridgehead atoms. The van der Waals surface area contributed by atoms with Crippen molar-refractivity contribution in [3.05, 3.63) is 12.7 Å². The zero-order valence-corrected chi connectivity index (χ0v) is 14.0. The monoisotopic (exact) mass is 261 g/mol. The van der Waals surface area contributed by atoms with Gasteiger partial charge in [0.1, 0.15) is 0 Å². The van der Waals surface area contributed by atoms with Crippen molar-refractivity contribution < 1.29 is 8.23 Å². The van der Waals surface area contributed by atoms with E-state index in [2.05, 4.69) is 45.9 Å². The van der Waals surface area contributed by atoms with Gasteiger partial charge in [-0.15, -0.1) is 6.58 Å². The minimum Gasteiger partial charge on any atom is -0.437 e. The molecule has 0 aromatic heterocycles. The van der Waals surface area contributed by atoms with Gasteiger partial charge in [0, 0.05) is 0 Å². The standard InChI is InChI=1S/C10H25O2Si3/c1-8-9-10-14(4,5)12-15(6,7)11-13(2)3/h8H,1,9-10H2,2-7H3. The summed E-state index contributed by atoms with van der Waals surface area (Å²) in [6.45, 7) is 17.0. The first-order valence-corrected chi connectivity index (χ1v) is 13.8. The van der Waals surface area contributed by atoms with Crippen molar-refractivity contribution in [2.75, 3.05) is 0 Å². The Labute approximate surface area is 98.8 Å². The van der Waals surface area contributed by atoms with Crippen LogP contribution in [0.1, 0.15) is 6.42 Å². The van der Waals surface area contributed by atoms with Crippen molar-refractivity contribution in [2.24, 2.45) is 0 Å². The molecule has 15 heavy (non-hydrogen) atoms. The summed E-state index contributed by atoms with van der Waals surface area (Å²) in [6, 6.07) is 1.14. The molecular weight excluding hydrogens is 236 g/mol. The average Bonchev–Trinajstić information content (AvgIpc) is 1.95. The molecule has 0 saturated carbocycles. The van der Waals surface area contributed by atoms with Crippen LogP contribution in [0.3, 0.4) is 0 Å². The molecule has 1 radical (unpaired) electrons. The van der Waals surface area contributed by atoms with Crippen LogP contribution in [0, 0.1) is 0 Å². The summed E-state index contributed by atoms with van der Waals surface area (Å²) in [5.74, 6) is 0. The second kappa shape index (κ2) is 6.15. The Bertz CT molecular complexity index is 203. The highest BCUT2D eigenvalue weighted by Crippen LogP contribution is 2.21. The highest BCUT2D eigenvalue weighted by Gasteiger charge is 2.34. The van der Waals surface area contributed by atoms with Gasteiger partial charge in [-0.2, -0.15) is 0 Å². The van der Waals surface area contributed by atoms with Gasteiger partial charge >= 0.3 is 8.56 Å².